The van der Waals surface area contributed by atoms with Crippen molar-refractivity contribution in [3.8, 4) is 11.5 Å². The number of hydrogen-bond donors (Lipinski definition) is 1. The fraction of sp³-hybridized carbons (Fsp3) is 0.297. The van der Waals surface area contributed by atoms with Crippen LogP contribution in [0.25, 0.3) is 0 Å². The summed E-state index contributed by atoms with van der Waals surface area (Å²) in [5.74, 6) is -0.308. The fourth-order valence-corrected chi connectivity index (χ4v) is 6.55. The minimum atomic E-state index is -4.31. The van der Waals surface area contributed by atoms with Gasteiger partial charge in [0.2, 0.25) is 11.8 Å². The van der Waals surface area contributed by atoms with E-state index in [0.29, 0.717) is 5.75 Å². The van der Waals surface area contributed by atoms with E-state index in [9.17, 15) is 18.0 Å². The first-order chi connectivity index (χ1) is 22.3. The van der Waals surface area contributed by atoms with E-state index in [4.69, 9.17) is 9.47 Å². The minimum absolute atomic E-state index is 0.00157. The second-order valence-electron chi connectivity index (χ2n) is 12.3. The highest BCUT2D eigenvalue weighted by Crippen LogP contribution is 2.36. The van der Waals surface area contributed by atoms with Gasteiger partial charge in [0.05, 0.1) is 24.8 Å². The molecule has 9 nitrogen and oxygen atoms in total. The highest BCUT2D eigenvalue weighted by atomic mass is 32.2. The molecule has 0 radical (unpaired) electrons. The van der Waals surface area contributed by atoms with Crippen LogP contribution >= 0.6 is 0 Å². The van der Waals surface area contributed by atoms with Crippen molar-refractivity contribution in [3.63, 3.8) is 0 Å². The van der Waals surface area contributed by atoms with Gasteiger partial charge in [-0.3, -0.25) is 13.9 Å². The predicted molar refractivity (Wildman–Crippen MR) is 184 cm³/mol. The van der Waals surface area contributed by atoms with E-state index in [1.807, 2.05) is 88.4 Å². The molecule has 0 unspecified atom stereocenters. The highest BCUT2D eigenvalue weighted by Gasteiger charge is 2.36. The summed E-state index contributed by atoms with van der Waals surface area (Å²) >= 11 is 0. The number of ether oxygens (including phenoxy) is 2. The molecule has 0 saturated carbocycles. The molecule has 248 valence electrons. The molecular formula is C37H43N3O6S. The molecular weight excluding hydrogens is 614 g/mol. The van der Waals surface area contributed by atoms with Crippen LogP contribution in [0.15, 0.2) is 108 Å². The van der Waals surface area contributed by atoms with Crippen LogP contribution in [0.5, 0.6) is 11.5 Å². The highest BCUT2D eigenvalue weighted by molar-refractivity contribution is 7.92. The Bertz CT molecular complexity index is 1760. The zero-order chi connectivity index (χ0) is 34.2. The Morgan fingerprint density at radius 1 is 0.809 bits per heavy atom. The molecule has 0 aliphatic carbocycles. The standard InChI is InChI=1S/C37H43N3O6S/c1-27-17-20-31(21-18-27)47(43,44)40(32-24-30(45-5)19-22-34(32)46-6)26-35(41)39(25-29-15-11-8-12-16-29)33(36(42)38-37(2,3)4)23-28-13-9-7-10-14-28/h7-22,24,33H,23,25-26H2,1-6H3,(H,38,42)/t33-/m0/s1. The molecule has 0 heterocycles. The van der Waals surface area contributed by atoms with Gasteiger partial charge in [-0.1, -0.05) is 78.4 Å². The molecule has 47 heavy (non-hydrogen) atoms. The normalized spacial score (nSPS) is 12.1. The third kappa shape index (κ3) is 9.13. The van der Waals surface area contributed by atoms with Crippen molar-refractivity contribution in [2.45, 2.75) is 57.1 Å². The van der Waals surface area contributed by atoms with Crippen LogP contribution in [0.1, 0.15) is 37.5 Å². The van der Waals surface area contributed by atoms with Crippen molar-refractivity contribution in [3.05, 3.63) is 120 Å². The molecule has 0 saturated heterocycles. The fourth-order valence-electron chi connectivity index (χ4n) is 5.13. The first-order valence-corrected chi connectivity index (χ1v) is 16.8. The number of anilines is 1. The smallest absolute Gasteiger partial charge is 0.264 e. The number of nitrogens with one attached hydrogen (secondary N) is 1. The van der Waals surface area contributed by atoms with Gasteiger partial charge in [-0.25, -0.2) is 8.42 Å². The molecule has 4 rings (SSSR count). The third-order valence-corrected chi connectivity index (χ3v) is 9.28. The average molecular weight is 658 g/mol. The number of carbonyl (C=O) groups is 2. The number of nitrogens with zero attached hydrogens (tertiary/aromatic N) is 2. The largest absolute Gasteiger partial charge is 0.497 e. The van der Waals surface area contributed by atoms with Crippen molar-refractivity contribution < 1.29 is 27.5 Å². The molecule has 4 aromatic carbocycles. The van der Waals surface area contributed by atoms with E-state index in [-0.39, 0.29) is 35.2 Å². The quantitative estimate of drug-likeness (QED) is 0.196. The molecule has 10 heteroatoms. The van der Waals surface area contributed by atoms with Crippen LogP contribution in [0.2, 0.25) is 0 Å². The average Bonchev–Trinajstić information content (AvgIpc) is 3.05. The van der Waals surface area contributed by atoms with Gasteiger partial charge in [-0.15, -0.1) is 0 Å². The lowest BCUT2D eigenvalue weighted by molar-refractivity contribution is -0.140. The van der Waals surface area contributed by atoms with Crippen LogP contribution in [-0.2, 0) is 32.6 Å². The number of aryl methyl sites for hydroxylation is 1. The summed E-state index contributed by atoms with van der Waals surface area (Å²) in [4.78, 5) is 30.2. The van der Waals surface area contributed by atoms with Crippen molar-refractivity contribution in [1.29, 1.82) is 0 Å². The van der Waals surface area contributed by atoms with E-state index in [2.05, 4.69) is 5.32 Å². The molecule has 0 aromatic heterocycles. The predicted octanol–water partition coefficient (Wildman–Crippen LogP) is 5.76. The van der Waals surface area contributed by atoms with Gasteiger partial charge in [0, 0.05) is 24.6 Å². The van der Waals surface area contributed by atoms with E-state index in [1.54, 1.807) is 24.3 Å². The number of hydrogen-bond acceptors (Lipinski definition) is 6. The third-order valence-electron chi connectivity index (χ3n) is 7.51. The number of rotatable bonds is 13. The molecule has 4 aromatic rings. The van der Waals surface area contributed by atoms with Gasteiger partial charge in [-0.2, -0.15) is 0 Å². The lowest BCUT2D eigenvalue weighted by Crippen LogP contribution is -2.56. The van der Waals surface area contributed by atoms with Gasteiger partial charge in [0.15, 0.2) is 0 Å². The number of sulfonamides is 1. The van der Waals surface area contributed by atoms with Crippen molar-refractivity contribution in [1.82, 2.24) is 10.2 Å². The van der Waals surface area contributed by atoms with Gasteiger partial charge in [-0.05, 0) is 63.1 Å². The summed E-state index contributed by atoms with van der Waals surface area (Å²) in [5, 5.41) is 3.04. The van der Waals surface area contributed by atoms with E-state index in [0.717, 1.165) is 21.0 Å². The van der Waals surface area contributed by atoms with E-state index in [1.165, 1.54) is 37.3 Å². The maximum atomic E-state index is 14.7. The molecule has 1 N–H and O–H groups in total. The van der Waals surface area contributed by atoms with Crippen molar-refractivity contribution in [2.24, 2.45) is 0 Å². The number of benzene rings is 4. The summed E-state index contributed by atoms with van der Waals surface area (Å²) in [6.07, 6.45) is 0.217. The van der Waals surface area contributed by atoms with Gasteiger partial charge in [0.1, 0.15) is 24.1 Å². The maximum absolute atomic E-state index is 14.7. The monoisotopic (exact) mass is 657 g/mol. The Morgan fingerprint density at radius 2 is 1.40 bits per heavy atom. The zero-order valence-electron chi connectivity index (χ0n) is 27.8. The Labute approximate surface area is 278 Å². The second kappa shape index (κ2) is 15.2. The summed E-state index contributed by atoms with van der Waals surface area (Å²) in [7, 11) is -1.41. The Hall–Kier alpha value is -4.83. The molecule has 0 aliphatic heterocycles. The van der Waals surface area contributed by atoms with Gasteiger partial charge in [0.25, 0.3) is 10.0 Å². The first-order valence-electron chi connectivity index (χ1n) is 15.3. The number of amides is 2. The molecule has 0 spiro atoms. The Balaban J connectivity index is 1.87. The summed E-state index contributed by atoms with van der Waals surface area (Å²) in [5.41, 5.74) is 2.06. The zero-order valence-corrected chi connectivity index (χ0v) is 28.6. The Morgan fingerprint density at radius 3 is 1.96 bits per heavy atom. The van der Waals surface area contributed by atoms with Gasteiger partial charge < -0.3 is 19.7 Å². The molecule has 2 amide bonds. The van der Waals surface area contributed by atoms with Crippen molar-refractivity contribution in [2.75, 3.05) is 25.1 Å². The molecule has 0 bridgehead atoms. The van der Waals surface area contributed by atoms with Crippen molar-refractivity contribution >= 4 is 27.5 Å². The van der Waals surface area contributed by atoms with Gasteiger partial charge >= 0.3 is 0 Å². The summed E-state index contributed by atoms with van der Waals surface area (Å²) in [6, 6.07) is 29.0. The van der Waals surface area contributed by atoms with E-state index >= 15 is 0 Å². The SMILES string of the molecule is COc1ccc(OC)c(N(CC(=O)N(Cc2ccccc2)[C@@H](Cc2ccccc2)C(=O)NC(C)(C)C)S(=O)(=O)c2ccc(C)cc2)c1. The topological polar surface area (TPSA) is 105 Å². The summed E-state index contributed by atoms with van der Waals surface area (Å²) < 4.78 is 40.8. The lowest BCUT2D eigenvalue weighted by atomic mass is 10.0. The molecule has 0 aliphatic rings. The summed E-state index contributed by atoms with van der Waals surface area (Å²) in [6.45, 7) is 6.94. The van der Waals surface area contributed by atoms with Crippen LogP contribution in [0.3, 0.4) is 0 Å². The Kier molecular flexibility index (Phi) is 11.3. The van der Waals surface area contributed by atoms with Crippen LogP contribution < -0.4 is 19.1 Å². The number of methoxy groups -OCH3 is 2. The van der Waals surface area contributed by atoms with Crippen LogP contribution in [-0.4, -0.2) is 57.5 Å². The molecule has 0 fully saturated rings. The lowest BCUT2D eigenvalue weighted by Gasteiger charge is -2.35. The second-order valence-corrected chi connectivity index (χ2v) is 14.2. The number of carbonyl (C=O) groups excluding carboxylic acids is 2. The van der Waals surface area contributed by atoms with E-state index < -0.39 is 34.1 Å². The van der Waals surface area contributed by atoms with Crippen LogP contribution in [0.4, 0.5) is 5.69 Å². The minimum Gasteiger partial charge on any atom is -0.497 e. The van der Waals surface area contributed by atoms with Crippen LogP contribution in [0, 0.1) is 6.92 Å². The first kappa shape index (κ1) is 35.0. The maximum Gasteiger partial charge on any atom is 0.264 e. The molecule has 1 atom stereocenters.